The van der Waals surface area contributed by atoms with Crippen LogP contribution in [0.4, 0.5) is 5.69 Å². The van der Waals surface area contributed by atoms with E-state index in [-0.39, 0.29) is 6.61 Å². The van der Waals surface area contributed by atoms with Crippen LogP contribution in [-0.4, -0.2) is 24.6 Å². The van der Waals surface area contributed by atoms with Gasteiger partial charge >= 0.3 is 5.97 Å². The standard InChI is InChI=1S/C20H22ClNO4/c1-13(2)15-8-10-16(11-9-15)25-12-19(23)26-14(3)20(24)22-18-7-5-4-6-17(18)21/h4-11,13-14H,12H2,1-3H3,(H,22,24)/t14-/m1/s1. The molecule has 0 saturated carbocycles. The molecule has 0 aliphatic rings. The molecule has 2 rings (SSSR count). The first kappa shape index (κ1) is 19.8. The molecular weight excluding hydrogens is 354 g/mol. The molecule has 0 aliphatic carbocycles. The van der Waals surface area contributed by atoms with E-state index in [1.807, 2.05) is 12.1 Å². The number of nitrogens with one attached hydrogen (secondary N) is 1. The zero-order chi connectivity index (χ0) is 19.1. The molecule has 0 aliphatic heterocycles. The number of ether oxygens (including phenoxy) is 2. The predicted octanol–water partition coefficient (Wildman–Crippen LogP) is 4.41. The van der Waals surface area contributed by atoms with Gasteiger partial charge in [-0.2, -0.15) is 0 Å². The minimum atomic E-state index is -0.967. The Hall–Kier alpha value is -2.53. The molecule has 0 radical (unpaired) electrons. The van der Waals surface area contributed by atoms with E-state index in [4.69, 9.17) is 21.1 Å². The van der Waals surface area contributed by atoms with Gasteiger partial charge in [0, 0.05) is 0 Å². The van der Waals surface area contributed by atoms with Crippen LogP contribution in [0.15, 0.2) is 48.5 Å². The molecule has 6 heteroatoms. The Kier molecular flexibility index (Phi) is 7.04. The molecule has 5 nitrogen and oxygen atoms in total. The predicted molar refractivity (Wildman–Crippen MR) is 102 cm³/mol. The zero-order valence-corrected chi connectivity index (χ0v) is 15.7. The number of para-hydroxylation sites is 1. The summed E-state index contributed by atoms with van der Waals surface area (Å²) < 4.78 is 10.5. The molecular formula is C20H22ClNO4. The van der Waals surface area contributed by atoms with Gasteiger partial charge in [-0.25, -0.2) is 4.79 Å². The van der Waals surface area contributed by atoms with Crippen molar-refractivity contribution in [2.45, 2.75) is 32.8 Å². The summed E-state index contributed by atoms with van der Waals surface area (Å²) in [5.41, 5.74) is 1.65. The molecule has 0 saturated heterocycles. The van der Waals surface area contributed by atoms with Crippen molar-refractivity contribution in [2.24, 2.45) is 0 Å². The van der Waals surface area contributed by atoms with Crippen LogP contribution in [0.5, 0.6) is 5.75 Å². The molecule has 2 aromatic carbocycles. The lowest BCUT2D eigenvalue weighted by Gasteiger charge is -2.14. The highest BCUT2D eigenvalue weighted by molar-refractivity contribution is 6.33. The second-order valence-corrected chi connectivity index (χ2v) is 6.52. The van der Waals surface area contributed by atoms with Crippen LogP contribution >= 0.6 is 11.6 Å². The van der Waals surface area contributed by atoms with E-state index < -0.39 is 18.0 Å². The maximum absolute atomic E-state index is 12.1. The lowest BCUT2D eigenvalue weighted by Crippen LogP contribution is -2.31. The van der Waals surface area contributed by atoms with Crippen LogP contribution < -0.4 is 10.1 Å². The SMILES string of the molecule is CC(C)c1ccc(OCC(=O)O[C@H](C)C(=O)Nc2ccccc2Cl)cc1. The van der Waals surface area contributed by atoms with Crippen molar-refractivity contribution < 1.29 is 19.1 Å². The summed E-state index contributed by atoms with van der Waals surface area (Å²) in [6, 6.07) is 14.3. The van der Waals surface area contributed by atoms with Gasteiger partial charge in [-0.05, 0) is 42.7 Å². The maximum atomic E-state index is 12.1. The Morgan fingerprint density at radius 1 is 1.04 bits per heavy atom. The van der Waals surface area contributed by atoms with Crippen LogP contribution in [-0.2, 0) is 14.3 Å². The average Bonchev–Trinajstić information content (AvgIpc) is 2.62. The Morgan fingerprint density at radius 3 is 2.31 bits per heavy atom. The number of carbonyl (C=O) groups is 2. The summed E-state index contributed by atoms with van der Waals surface area (Å²) in [6.07, 6.45) is -0.967. The number of carbonyl (C=O) groups excluding carboxylic acids is 2. The smallest absolute Gasteiger partial charge is 0.344 e. The van der Waals surface area contributed by atoms with Crippen LogP contribution in [0.25, 0.3) is 0 Å². The second-order valence-electron chi connectivity index (χ2n) is 6.11. The zero-order valence-electron chi connectivity index (χ0n) is 15.0. The number of hydrogen-bond donors (Lipinski definition) is 1. The van der Waals surface area contributed by atoms with E-state index >= 15 is 0 Å². The van der Waals surface area contributed by atoms with E-state index in [0.29, 0.717) is 22.4 Å². The highest BCUT2D eigenvalue weighted by Crippen LogP contribution is 2.21. The molecule has 1 N–H and O–H groups in total. The van der Waals surface area contributed by atoms with Crippen LogP contribution in [0.3, 0.4) is 0 Å². The minimum absolute atomic E-state index is 0.273. The van der Waals surface area contributed by atoms with Crippen molar-refractivity contribution in [1.29, 1.82) is 0 Å². The first-order valence-electron chi connectivity index (χ1n) is 8.34. The molecule has 1 atom stereocenters. The van der Waals surface area contributed by atoms with Crippen molar-refractivity contribution >= 4 is 29.2 Å². The van der Waals surface area contributed by atoms with Crippen LogP contribution in [0.2, 0.25) is 5.02 Å². The highest BCUT2D eigenvalue weighted by Gasteiger charge is 2.19. The molecule has 26 heavy (non-hydrogen) atoms. The molecule has 1 amide bonds. The molecule has 2 aromatic rings. The lowest BCUT2D eigenvalue weighted by molar-refractivity contribution is -0.155. The molecule has 0 unspecified atom stereocenters. The van der Waals surface area contributed by atoms with E-state index in [0.717, 1.165) is 0 Å². The van der Waals surface area contributed by atoms with E-state index in [2.05, 4.69) is 19.2 Å². The van der Waals surface area contributed by atoms with Crippen LogP contribution in [0.1, 0.15) is 32.3 Å². The first-order chi connectivity index (χ1) is 12.4. The average molecular weight is 376 g/mol. The number of rotatable bonds is 7. The third-order valence-electron chi connectivity index (χ3n) is 3.71. The molecule has 0 heterocycles. The fourth-order valence-electron chi connectivity index (χ4n) is 2.17. The van der Waals surface area contributed by atoms with Gasteiger partial charge in [0.15, 0.2) is 12.7 Å². The van der Waals surface area contributed by atoms with Gasteiger partial charge in [0.1, 0.15) is 5.75 Å². The van der Waals surface area contributed by atoms with Crippen molar-refractivity contribution in [1.82, 2.24) is 0 Å². The molecule has 0 fully saturated rings. The van der Waals surface area contributed by atoms with Gasteiger partial charge in [0.2, 0.25) is 0 Å². The third-order valence-corrected chi connectivity index (χ3v) is 4.04. The number of anilines is 1. The summed E-state index contributed by atoms with van der Waals surface area (Å²) in [5, 5.41) is 3.03. The Morgan fingerprint density at radius 2 is 1.69 bits per heavy atom. The summed E-state index contributed by atoms with van der Waals surface area (Å²) in [6.45, 7) is 5.41. The number of amides is 1. The Bertz CT molecular complexity index is 759. The Labute approximate surface area is 158 Å². The molecule has 0 spiro atoms. The number of benzene rings is 2. The van der Waals surface area contributed by atoms with E-state index in [9.17, 15) is 9.59 Å². The Balaban J connectivity index is 1.81. The monoisotopic (exact) mass is 375 g/mol. The number of hydrogen-bond acceptors (Lipinski definition) is 4. The van der Waals surface area contributed by atoms with Gasteiger partial charge in [-0.1, -0.05) is 49.7 Å². The van der Waals surface area contributed by atoms with Gasteiger partial charge in [-0.15, -0.1) is 0 Å². The maximum Gasteiger partial charge on any atom is 0.344 e. The fourth-order valence-corrected chi connectivity index (χ4v) is 2.36. The summed E-state index contributed by atoms with van der Waals surface area (Å²) in [5.74, 6) is -0.0986. The summed E-state index contributed by atoms with van der Waals surface area (Å²) in [7, 11) is 0. The van der Waals surface area contributed by atoms with Crippen LogP contribution in [0, 0.1) is 0 Å². The lowest BCUT2D eigenvalue weighted by atomic mass is 10.0. The third kappa shape index (κ3) is 5.77. The van der Waals surface area contributed by atoms with Crippen molar-refractivity contribution in [3.05, 3.63) is 59.1 Å². The highest BCUT2D eigenvalue weighted by atomic mass is 35.5. The van der Waals surface area contributed by atoms with Gasteiger partial charge in [-0.3, -0.25) is 4.79 Å². The van der Waals surface area contributed by atoms with Crippen molar-refractivity contribution in [3.63, 3.8) is 0 Å². The summed E-state index contributed by atoms with van der Waals surface area (Å²) >= 11 is 5.98. The van der Waals surface area contributed by atoms with E-state index in [1.54, 1.807) is 36.4 Å². The fraction of sp³-hybridized carbons (Fsp3) is 0.300. The first-order valence-corrected chi connectivity index (χ1v) is 8.72. The number of halogens is 1. The van der Waals surface area contributed by atoms with Crippen molar-refractivity contribution in [3.8, 4) is 5.75 Å². The number of esters is 1. The minimum Gasteiger partial charge on any atom is -0.482 e. The quantitative estimate of drug-likeness (QED) is 0.728. The van der Waals surface area contributed by atoms with E-state index in [1.165, 1.54) is 12.5 Å². The summed E-state index contributed by atoms with van der Waals surface area (Å²) in [4.78, 5) is 24.0. The normalized spacial score (nSPS) is 11.7. The topological polar surface area (TPSA) is 64.6 Å². The van der Waals surface area contributed by atoms with Gasteiger partial charge in [0.05, 0.1) is 10.7 Å². The molecule has 138 valence electrons. The molecule has 0 bridgehead atoms. The molecule has 0 aromatic heterocycles. The van der Waals surface area contributed by atoms with Crippen molar-refractivity contribution in [2.75, 3.05) is 11.9 Å². The largest absolute Gasteiger partial charge is 0.482 e. The van der Waals surface area contributed by atoms with Gasteiger partial charge < -0.3 is 14.8 Å². The van der Waals surface area contributed by atoms with Gasteiger partial charge in [0.25, 0.3) is 5.91 Å². The second kappa shape index (κ2) is 9.25.